The zero-order valence-electron chi connectivity index (χ0n) is 14.1. The predicted octanol–water partition coefficient (Wildman–Crippen LogP) is 1.90. The van der Waals surface area contributed by atoms with Crippen LogP contribution in [0.1, 0.15) is 32.8 Å². The van der Waals surface area contributed by atoms with Crippen molar-refractivity contribution in [1.82, 2.24) is 5.32 Å². The molecule has 1 rings (SSSR count). The summed E-state index contributed by atoms with van der Waals surface area (Å²) in [7, 11) is 0. The zero-order valence-corrected chi connectivity index (χ0v) is 14.1. The van der Waals surface area contributed by atoms with Crippen LogP contribution in [-0.2, 0) is 20.9 Å². The quantitative estimate of drug-likeness (QED) is 0.702. The minimum atomic E-state index is -1.12. The van der Waals surface area contributed by atoms with E-state index in [-0.39, 0.29) is 13.0 Å². The second kappa shape index (κ2) is 8.33. The van der Waals surface area contributed by atoms with Gasteiger partial charge in [-0.15, -0.1) is 0 Å². The summed E-state index contributed by atoms with van der Waals surface area (Å²) >= 11 is 0. The fraction of sp³-hybridized carbons (Fsp3) is 0.471. The van der Waals surface area contributed by atoms with Crippen LogP contribution in [0.25, 0.3) is 0 Å². The average Bonchev–Trinajstić information content (AvgIpc) is 2.48. The number of carbonyl (C=O) groups excluding carboxylic acids is 2. The number of aliphatic carboxylic acids is 1. The molecule has 0 saturated carbocycles. The number of nitrogens with one attached hydrogen (secondary N) is 1. The van der Waals surface area contributed by atoms with E-state index in [1.807, 2.05) is 18.2 Å². The maximum atomic E-state index is 11.8. The number of benzene rings is 1. The van der Waals surface area contributed by atoms with E-state index in [4.69, 9.17) is 10.5 Å². The van der Waals surface area contributed by atoms with Gasteiger partial charge in [-0.2, -0.15) is 0 Å². The molecule has 7 heteroatoms. The third-order valence-electron chi connectivity index (χ3n) is 3.66. The van der Waals surface area contributed by atoms with Crippen molar-refractivity contribution in [3.05, 3.63) is 35.9 Å². The molecule has 0 aliphatic rings. The van der Waals surface area contributed by atoms with Crippen LogP contribution >= 0.6 is 0 Å². The van der Waals surface area contributed by atoms with Crippen LogP contribution in [0.3, 0.4) is 0 Å². The number of rotatable bonds is 7. The molecule has 4 N–H and O–H groups in total. The summed E-state index contributed by atoms with van der Waals surface area (Å²) in [5, 5.41) is 11.7. The Balaban J connectivity index is 2.66. The van der Waals surface area contributed by atoms with Crippen molar-refractivity contribution >= 4 is 18.0 Å². The average molecular weight is 336 g/mol. The highest BCUT2D eigenvalue weighted by atomic mass is 16.5. The number of primary amides is 1. The molecule has 0 saturated heterocycles. The van der Waals surface area contributed by atoms with E-state index in [1.165, 1.54) is 0 Å². The van der Waals surface area contributed by atoms with Gasteiger partial charge in [-0.25, -0.2) is 4.79 Å². The molecule has 0 bridgehead atoms. The maximum Gasteiger partial charge on any atom is 0.408 e. The molecule has 0 aliphatic carbocycles. The van der Waals surface area contributed by atoms with Crippen LogP contribution in [0.2, 0.25) is 0 Å². The van der Waals surface area contributed by atoms with E-state index in [0.29, 0.717) is 0 Å². The van der Waals surface area contributed by atoms with Gasteiger partial charge < -0.3 is 20.9 Å². The zero-order chi connectivity index (χ0) is 18.3. The molecule has 0 aliphatic heterocycles. The Hall–Kier alpha value is -2.57. The van der Waals surface area contributed by atoms with Gasteiger partial charge in [0.25, 0.3) is 0 Å². The van der Waals surface area contributed by atoms with Crippen molar-refractivity contribution in [2.24, 2.45) is 17.1 Å². The van der Waals surface area contributed by atoms with E-state index in [0.717, 1.165) is 5.56 Å². The van der Waals surface area contributed by atoms with Crippen LogP contribution in [0.4, 0.5) is 4.79 Å². The molecule has 2 amide bonds. The first-order valence-corrected chi connectivity index (χ1v) is 7.60. The van der Waals surface area contributed by atoms with Crippen LogP contribution in [-0.4, -0.2) is 29.1 Å². The van der Waals surface area contributed by atoms with E-state index < -0.39 is 35.3 Å². The minimum Gasteiger partial charge on any atom is -0.481 e. The fourth-order valence-electron chi connectivity index (χ4n) is 2.21. The number of hydrogen-bond donors (Lipinski definition) is 3. The molecule has 0 aromatic heterocycles. The van der Waals surface area contributed by atoms with Crippen LogP contribution in [0.15, 0.2) is 30.3 Å². The molecular weight excluding hydrogens is 312 g/mol. The first-order chi connectivity index (χ1) is 11.1. The molecule has 0 radical (unpaired) electrons. The Labute approximate surface area is 141 Å². The van der Waals surface area contributed by atoms with Gasteiger partial charge in [0.15, 0.2) is 0 Å². The maximum absolute atomic E-state index is 11.8. The molecule has 2 atom stereocenters. The molecule has 1 aromatic rings. The molecule has 7 nitrogen and oxygen atoms in total. The molecule has 1 aromatic carbocycles. The summed E-state index contributed by atoms with van der Waals surface area (Å²) in [6.07, 6.45) is -0.921. The monoisotopic (exact) mass is 336 g/mol. The van der Waals surface area contributed by atoms with Gasteiger partial charge in [-0.3, -0.25) is 9.59 Å². The molecule has 0 fully saturated rings. The fourth-order valence-corrected chi connectivity index (χ4v) is 2.21. The lowest BCUT2D eigenvalue weighted by molar-refractivity contribution is -0.146. The third kappa shape index (κ3) is 6.28. The van der Waals surface area contributed by atoms with Gasteiger partial charge >= 0.3 is 12.1 Å². The number of carboxylic acid groups (broad SMARTS) is 1. The van der Waals surface area contributed by atoms with Crippen LogP contribution in [0.5, 0.6) is 0 Å². The molecular formula is C17H24N2O5. The van der Waals surface area contributed by atoms with Crippen LogP contribution < -0.4 is 11.1 Å². The number of carbonyl (C=O) groups is 3. The highest BCUT2D eigenvalue weighted by Gasteiger charge is 2.35. The van der Waals surface area contributed by atoms with Gasteiger partial charge in [-0.1, -0.05) is 51.1 Å². The van der Waals surface area contributed by atoms with E-state index in [9.17, 15) is 19.5 Å². The number of carboxylic acids is 1. The molecule has 1 unspecified atom stereocenters. The number of hydrogen-bond acceptors (Lipinski definition) is 4. The molecule has 24 heavy (non-hydrogen) atoms. The van der Waals surface area contributed by atoms with Gasteiger partial charge in [-0.05, 0) is 17.4 Å². The summed E-state index contributed by atoms with van der Waals surface area (Å²) in [6, 6.07) is 7.92. The summed E-state index contributed by atoms with van der Waals surface area (Å²) in [4.78, 5) is 34.8. The molecule has 0 heterocycles. The molecule has 132 valence electrons. The number of alkyl carbamates (subject to hydrolysis) is 1. The second-order valence-electron chi connectivity index (χ2n) is 6.65. The highest BCUT2D eigenvalue weighted by Crippen LogP contribution is 2.30. The largest absolute Gasteiger partial charge is 0.481 e. The van der Waals surface area contributed by atoms with Gasteiger partial charge in [0, 0.05) is 0 Å². The summed E-state index contributed by atoms with van der Waals surface area (Å²) in [5.74, 6) is -2.69. The third-order valence-corrected chi connectivity index (χ3v) is 3.66. The van der Waals surface area contributed by atoms with Gasteiger partial charge in [0.2, 0.25) is 5.91 Å². The smallest absolute Gasteiger partial charge is 0.408 e. The number of nitrogens with two attached hydrogens (primary N) is 1. The second-order valence-corrected chi connectivity index (χ2v) is 6.65. The van der Waals surface area contributed by atoms with Crippen LogP contribution in [0, 0.1) is 11.3 Å². The van der Waals surface area contributed by atoms with Gasteiger partial charge in [0.1, 0.15) is 12.6 Å². The number of ether oxygens (including phenoxy) is 1. The lowest BCUT2D eigenvalue weighted by Gasteiger charge is -2.29. The van der Waals surface area contributed by atoms with Gasteiger partial charge in [0.05, 0.1) is 5.92 Å². The lowest BCUT2D eigenvalue weighted by Crippen LogP contribution is -2.48. The van der Waals surface area contributed by atoms with Crippen molar-refractivity contribution in [1.29, 1.82) is 0 Å². The number of amides is 2. The Morgan fingerprint density at radius 1 is 1.21 bits per heavy atom. The van der Waals surface area contributed by atoms with Crippen molar-refractivity contribution in [3.8, 4) is 0 Å². The van der Waals surface area contributed by atoms with E-state index in [2.05, 4.69) is 5.32 Å². The van der Waals surface area contributed by atoms with Crippen molar-refractivity contribution in [2.45, 2.75) is 39.8 Å². The minimum absolute atomic E-state index is 0.0415. The Morgan fingerprint density at radius 3 is 2.25 bits per heavy atom. The summed E-state index contributed by atoms with van der Waals surface area (Å²) in [5.41, 5.74) is 5.49. The Morgan fingerprint density at radius 2 is 1.79 bits per heavy atom. The first-order valence-electron chi connectivity index (χ1n) is 7.60. The van der Waals surface area contributed by atoms with Crippen molar-refractivity contribution in [2.75, 3.05) is 0 Å². The van der Waals surface area contributed by atoms with E-state index >= 15 is 0 Å². The first kappa shape index (κ1) is 19.5. The predicted molar refractivity (Wildman–Crippen MR) is 87.9 cm³/mol. The SMILES string of the molecule is CC(C)(C)C(C[C@H](NC(=O)OCc1ccccc1)C(N)=O)C(=O)O. The Kier molecular flexibility index (Phi) is 6.76. The molecule has 0 spiro atoms. The van der Waals surface area contributed by atoms with Crippen molar-refractivity contribution in [3.63, 3.8) is 0 Å². The van der Waals surface area contributed by atoms with Crippen molar-refractivity contribution < 1.29 is 24.2 Å². The lowest BCUT2D eigenvalue weighted by atomic mass is 9.77. The van der Waals surface area contributed by atoms with E-state index in [1.54, 1.807) is 32.9 Å². The topological polar surface area (TPSA) is 119 Å². The summed E-state index contributed by atoms with van der Waals surface area (Å²) in [6.45, 7) is 5.28. The standard InChI is InChI=1S/C17H24N2O5/c1-17(2,3)12(15(21)22)9-13(14(18)20)19-16(23)24-10-11-7-5-4-6-8-11/h4-8,12-13H,9-10H2,1-3H3,(H2,18,20)(H,19,23)(H,21,22)/t12?,13-/m0/s1. The summed E-state index contributed by atoms with van der Waals surface area (Å²) < 4.78 is 5.03. The Bertz CT molecular complexity index is 580. The normalized spacial score (nSPS) is 13.6. The highest BCUT2D eigenvalue weighted by molar-refractivity contribution is 5.85.